The van der Waals surface area contributed by atoms with Crippen LogP contribution in [0.5, 0.6) is 0 Å². The van der Waals surface area contributed by atoms with Gasteiger partial charge in [0, 0.05) is 25.8 Å². The average molecular weight is 215 g/mol. The first kappa shape index (κ1) is 12.9. The van der Waals surface area contributed by atoms with Crippen LogP contribution in [0.2, 0.25) is 0 Å². The van der Waals surface area contributed by atoms with Crippen LogP contribution in [0.15, 0.2) is 0 Å². The number of aliphatic hydroxyl groups is 1. The van der Waals surface area contributed by atoms with Crippen LogP contribution >= 0.6 is 0 Å². The summed E-state index contributed by atoms with van der Waals surface area (Å²) in [5.41, 5.74) is 0. The summed E-state index contributed by atoms with van der Waals surface area (Å²) in [5.74, 6) is 0. The van der Waals surface area contributed by atoms with Crippen molar-refractivity contribution in [2.75, 3.05) is 13.7 Å². The molecule has 0 bridgehead atoms. The zero-order valence-corrected chi connectivity index (χ0v) is 10.0. The summed E-state index contributed by atoms with van der Waals surface area (Å²) in [4.78, 5) is 0. The lowest BCUT2D eigenvalue weighted by molar-refractivity contribution is 0.0611. The van der Waals surface area contributed by atoms with Crippen molar-refractivity contribution in [2.45, 2.75) is 63.6 Å². The van der Waals surface area contributed by atoms with E-state index in [0.717, 1.165) is 12.8 Å². The maximum Gasteiger partial charge on any atom is 0.0572 e. The minimum absolute atomic E-state index is 0.308. The first-order valence-electron chi connectivity index (χ1n) is 6.16. The Kier molecular flexibility index (Phi) is 6.22. The van der Waals surface area contributed by atoms with E-state index < -0.39 is 0 Å². The van der Waals surface area contributed by atoms with Crippen molar-refractivity contribution in [1.82, 2.24) is 5.32 Å². The van der Waals surface area contributed by atoms with E-state index in [0.29, 0.717) is 24.8 Å². The Morgan fingerprint density at radius 2 is 2.00 bits per heavy atom. The number of hydrogen-bond acceptors (Lipinski definition) is 3. The molecule has 0 aromatic heterocycles. The van der Waals surface area contributed by atoms with Gasteiger partial charge in [0.25, 0.3) is 0 Å². The van der Waals surface area contributed by atoms with E-state index >= 15 is 0 Å². The second-order valence-electron chi connectivity index (χ2n) is 4.64. The van der Waals surface area contributed by atoms with Gasteiger partial charge >= 0.3 is 0 Å². The van der Waals surface area contributed by atoms with Crippen LogP contribution in [0.4, 0.5) is 0 Å². The minimum atomic E-state index is 0.308. The first-order chi connectivity index (χ1) is 7.26. The molecule has 1 fully saturated rings. The Labute approximate surface area is 93.2 Å². The summed E-state index contributed by atoms with van der Waals surface area (Å²) in [6.07, 6.45) is 7.27. The fourth-order valence-corrected chi connectivity index (χ4v) is 2.35. The molecule has 1 saturated carbocycles. The number of nitrogens with one attached hydrogen (secondary N) is 1. The molecule has 0 radical (unpaired) electrons. The summed E-state index contributed by atoms with van der Waals surface area (Å²) in [7, 11) is 1.81. The third kappa shape index (κ3) is 4.96. The maximum absolute atomic E-state index is 8.74. The van der Waals surface area contributed by atoms with Crippen molar-refractivity contribution in [1.29, 1.82) is 0 Å². The van der Waals surface area contributed by atoms with Crippen molar-refractivity contribution in [3.63, 3.8) is 0 Å². The Hall–Kier alpha value is -0.120. The molecule has 15 heavy (non-hydrogen) atoms. The van der Waals surface area contributed by atoms with Crippen LogP contribution in [0, 0.1) is 0 Å². The van der Waals surface area contributed by atoms with Gasteiger partial charge in [-0.05, 0) is 45.4 Å². The lowest BCUT2D eigenvalue weighted by atomic mass is 9.92. The van der Waals surface area contributed by atoms with E-state index in [-0.39, 0.29) is 0 Å². The molecule has 2 N–H and O–H groups in total. The topological polar surface area (TPSA) is 41.5 Å². The van der Waals surface area contributed by atoms with E-state index in [1.165, 1.54) is 25.7 Å². The molecule has 0 saturated heterocycles. The summed E-state index contributed by atoms with van der Waals surface area (Å²) in [5, 5.41) is 12.4. The molecule has 0 aliphatic heterocycles. The number of hydrogen-bond donors (Lipinski definition) is 2. The van der Waals surface area contributed by atoms with Gasteiger partial charge in [0.1, 0.15) is 0 Å². The van der Waals surface area contributed by atoms with Crippen LogP contribution in [-0.2, 0) is 4.74 Å². The largest absolute Gasteiger partial charge is 0.396 e. The van der Waals surface area contributed by atoms with Gasteiger partial charge in [-0.2, -0.15) is 0 Å². The van der Waals surface area contributed by atoms with Crippen LogP contribution in [0.25, 0.3) is 0 Å². The smallest absolute Gasteiger partial charge is 0.0572 e. The molecule has 1 aliphatic rings. The number of rotatable bonds is 6. The van der Waals surface area contributed by atoms with Crippen molar-refractivity contribution in [3.8, 4) is 0 Å². The summed E-state index contributed by atoms with van der Waals surface area (Å²) >= 11 is 0. The summed E-state index contributed by atoms with van der Waals surface area (Å²) in [6, 6.07) is 1.19. The molecule has 0 aromatic rings. The molecule has 0 amide bonds. The molecule has 1 aliphatic carbocycles. The Morgan fingerprint density at radius 1 is 1.33 bits per heavy atom. The number of ether oxygens (including phenoxy) is 1. The monoisotopic (exact) mass is 215 g/mol. The van der Waals surface area contributed by atoms with Crippen molar-refractivity contribution in [2.24, 2.45) is 0 Å². The van der Waals surface area contributed by atoms with Crippen LogP contribution < -0.4 is 5.32 Å². The van der Waals surface area contributed by atoms with Gasteiger partial charge in [-0.15, -0.1) is 0 Å². The molecule has 0 spiro atoms. The predicted molar refractivity (Wildman–Crippen MR) is 62.0 cm³/mol. The lowest BCUT2D eigenvalue weighted by Gasteiger charge is -2.30. The number of methoxy groups -OCH3 is 1. The van der Waals surface area contributed by atoms with Crippen LogP contribution in [-0.4, -0.2) is 37.0 Å². The third-order valence-electron chi connectivity index (χ3n) is 3.32. The molecule has 1 atom stereocenters. The first-order valence-corrected chi connectivity index (χ1v) is 6.16. The highest BCUT2D eigenvalue weighted by Gasteiger charge is 2.21. The van der Waals surface area contributed by atoms with Gasteiger partial charge in [0.05, 0.1) is 6.10 Å². The van der Waals surface area contributed by atoms with Gasteiger partial charge in [-0.3, -0.25) is 0 Å². The molecule has 3 heteroatoms. The van der Waals surface area contributed by atoms with Gasteiger partial charge in [-0.25, -0.2) is 0 Å². The average Bonchev–Trinajstić information content (AvgIpc) is 2.27. The normalized spacial score (nSPS) is 29.0. The van der Waals surface area contributed by atoms with E-state index in [1.54, 1.807) is 0 Å². The zero-order valence-electron chi connectivity index (χ0n) is 10.0. The molecule has 1 unspecified atom stereocenters. The highest BCUT2D eigenvalue weighted by Crippen LogP contribution is 2.21. The van der Waals surface area contributed by atoms with Gasteiger partial charge in [0.2, 0.25) is 0 Å². The van der Waals surface area contributed by atoms with Crippen LogP contribution in [0.1, 0.15) is 45.4 Å². The van der Waals surface area contributed by atoms with E-state index in [1.807, 2.05) is 7.11 Å². The summed E-state index contributed by atoms with van der Waals surface area (Å²) in [6.45, 7) is 2.51. The second kappa shape index (κ2) is 7.20. The fraction of sp³-hybridized carbons (Fsp3) is 1.00. The standard InChI is InChI=1S/C12H25NO2/c1-10(4-3-9-14)13-11-5-7-12(15-2)8-6-11/h10-14H,3-9H2,1-2H3. The lowest BCUT2D eigenvalue weighted by Crippen LogP contribution is -2.40. The van der Waals surface area contributed by atoms with E-state index in [2.05, 4.69) is 12.2 Å². The van der Waals surface area contributed by atoms with E-state index in [9.17, 15) is 0 Å². The van der Waals surface area contributed by atoms with Crippen LogP contribution in [0.3, 0.4) is 0 Å². The van der Waals surface area contributed by atoms with Gasteiger partial charge in [-0.1, -0.05) is 0 Å². The second-order valence-corrected chi connectivity index (χ2v) is 4.64. The highest BCUT2D eigenvalue weighted by atomic mass is 16.5. The summed E-state index contributed by atoms with van der Waals surface area (Å²) < 4.78 is 5.35. The third-order valence-corrected chi connectivity index (χ3v) is 3.32. The zero-order chi connectivity index (χ0) is 11.1. The molecular weight excluding hydrogens is 190 g/mol. The quantitative estimate of drug-likeness (QED) is 0.708. The molecular formula is C12H25NO2. The SMILES string of the molecule is COC1CCC(NC(C)CCCO)CC1. The Bertz CT molecular complexity index is 156. The van der Waals surface area contributed by atoms with Gasteiger partial charge in [0.15, 0.2) is 0 Å². The molecule has 0 heterocycles. The van der Waals surface area contributed by atoms with Crippen molar-refractivity contribution in [3.05, 3.63) is 0 Å². The Morgan fingerprint density at radius 3 is 2.53 bits per heavy atom. The van der Waals surface area contributed by atoms with E-state index in [4.69, 9.17) is 9.84 Å². The molecule has 3 nitrogen and oxygen atoms in total. The fourth-order valence-electron chi connectivity index (χ4n) is 2.35. The predicted octanol–water partition coefficient (Wildman–Crippen LogP) is 1.69. The highest BCUT2D eigenvalue weighted by molar-refractivity contribution is 4.79. The molecule has 90 valence electrons. The maximum atomic E-state index is 8.74. The minimum Gasteiger partial charge on any atom is -0.396 e. The molecule has 0 aromatic carbocycles. The number of aliphatic hydroxyl groups excluding tert-OH is 1. The molecule has 1 rings (SSSR count). The van der Waals surface area contributed by atoms with Crippen molar-refractivity contribution < 1.29 is 9.84 Å². The van der Waals surface area contributed by atoms with Gasteiger partial charge < -0.3 is 15.2 Å². The Balaban J connectivity index is 2.12. The van der Waals surface area contributed by atoms with Crippen molar-refractivity contribution >= 4 is 0 Å².